The topological polar surface area (TPSA) is 81.5 Å². The smallest absolute Gasteiger partial charge is 0.271 e. The van der Waals surface area contributed by atoms with E-state index in [0.717, 1.165) is 16.5 Å². The Morgan fingerprint density at radius 2 is 2.09 bits per heavy atom. The van der Waals surface area contributed by atoms with Crippen LogP contribution in [0.2, 0.25) is 0 Å². The highest BCUT2D eigenvalue weighted by molar-refractivity contribution is 9.10. The van der Waals surface area contributed by atoms with E-state index in [4.69, 9.17) is 4.74 Å². The molecule has 0 fully saturated rings. The molecule has 1 N–H and O–H groups in total. The number of carbonyl (C=O) groups is 1. The summed E-state index contributed by atoms with van der Waals surface area (Å²) in [6, 6.07) is 11.4. The number of aryl methyl sites for hydroxylation is 1. The van der Waals surface area contributed by atoms with Crippen molar-refractivity contribution in [2.24, 2.45) is 0 Å². The van der Waals surface area contributed by atoms with Gasteiger partial charge in [0, 0.05) is 17.8 Å². The molecule has 2 aromatic carbocycles. The molecule has 2 aromatic rings. The molecule has 0 aliphatic carbocycles. The molecule has 120 valence electrons. The first-order valence-electron chi connectivity index (χ1n) is 6.95. The number of nitro groups is 1. The van der Waals surface area contributed by atoms with Crippen molar-refractivity contribution in [3.63, 3.8) is 0 Å². The number of non-ortho nitro benzene ring substituents is 1. The number of hydrogen-bond acceptors (Lipinski definition) is 4. The van der Waals surface area contributed by atoms with Crippen molar-refractivity contribution in [3.8, 4) is 5.75 Å². The zero-order valence-electron chi connectivity index (χ0n) is 12.4. The van der Waals surface area contributed by atoms with Gasteiger partial charge in [-0.3, -0.25) is 14.9 Å². The van der Waals surface area contributed by atoms with Crippen LogP contribution in [0, 0.1) is 10.1 Å². The number of nitro benzene ring substituents is 1. The van der Waals surface area contributed by atoms with Crippen molar-refractivity contribution in [3.05, 3.63) is 62.6 Å². The Balaban J connectivity index is 1.95. The lowest BCUT2D eigenvalue weighted by Crippen LogP contribution is -2.20. The van der Waals surface area contributed by atoms with E-state index in [0.29, 0.717) is 11.4 Å². The summed E-state index contributed by atoms with van der Waals surface area (Å²) in [5.74, 6) is 0.174. The minimum Gasteiger partial charge on any atom is -0.483 e. The fraction of sp³-hybridized carbons (Fsp3) is 0.188. The number of rotatable bonds is 6. The molecule has 0 aliphatic rings. The predicted molar refractivity (Wildman–Crippen MR) is 90.7 cm³/mol. The number of amides is 1. The Kier molecular flexibility index (Phi) is 5.70. The highest BCUT2D eigenvalue weighted by atomic mass is 79.9. The number of nitrogens with zero attached hydrogens (tertiary/aromatic N) is 1. The lowest BCUT2D eigenvalue weighted by Gasteiger charge is -2.10. The van der Waals surface area contributed by atoms with Crippen molar-refractivity contribution >= 4 is 33.2 Å². The Morgan fingerprint density at radius 1 is 1.30 bits per heavy atom. The zero-order valence-corrected chi connectivity index (χ0v) is 14.0. The van der Waals surface area contributed by atoms with Crippen LogP contribution in [0.25, 0.3) is 0 Å². The third kappa shape index (κ3) is 4.79. The highest BCUT2D eigenvalue weighted by Gasteiger charge is 2.10. The van der Waals surface area contributed by atoms with E-state index in [1.165, 1.54) is 18.2 Å². The van der Waals surface area contributed by atoms with Gasteiger partial charge in [0.25, 0.3) is 11.6 Å². The van der Waals surface area contributed by atoms with Crippen LogP contribution in [0.1, 0.15) is 12.5 Å². The van der Waals surface area contributed by atoms with Crippen LogP contribution in [-0.4, -0.2) is 17.4 Å². The first-order valence-corrected chi connectivity index (χ1v) is 7.74. The summed E-state index contributed by atoms with van der Waals surface area (Å²) in [6.45, 7) is 1.86. The van der Waals surface area contributed by atoms with Gasteiger partial charge in [-0.15, -0.1) is 0 Å². The van der Waals surface area contributed by atoms with Crippen molar-refractivity contribution in [2.75, 3.05) is 11.9 Å². The molecule has 0 radical (unpaired) electrons. The van der Waals surface area contributed by atoms with Gasteiger partial charge < -0.3 is 10.1 Å². The minimum absolute atomic E-state index is 0.0818. The maximum atomic E-state index is 11.9. The Morgan fingerprint density at radius 3 is 2.74 bits per heavy atom. The van der Waals surface area contributed by atoms with E-state index in [9.17, 15) is 14.9 Å². The molecule has 0 aliphatic heterocycles. The summed E-state index contributed by atoms with van der Waals surface area (Å²) in [5.41, 5.74) is 1.43. The molecular weight excluding hydrogens is 364 g/mol. The molecule has 0 saturated carbocycles. The first-order chi connectivity index (χ1) is 11.0. The van der Waals surface area contributed by atoms with Gasteiger partial charge in [-0.25, -0.2) is 0 Å². The van der Waals surface area contributed by atoms with Gasteiger partial charge in [0.15, 0.2) is 6.61 Å². The lowest BCUT2D eigenvalue weighted by atomic mass is 10.2. The second kappa shape index (κ2) is 7.73. The predicted octanol–water partition coefficient (Wildman–Crippen LogP) is 3.94. The van der Waals surface area contributed by atoms with E-state index in [2.05, 4.69) is 28.2 Å². The van der Waals surface area contributed by atoms with Crippen LogP contribution >= 0.6 is 15.9 Å². The van der Waals surface area contributed by atoms with Gasteiger partial charge in [-0.05, 0) is 46.1 Å². The zero-order chi connectivity index (χ0) is 16.8. The van der Waals surface area contributed by atoms with Crippen molar-refractivity contribution in [1.82, 2.24) is 0 Å². The summed E-state index contributed by atoms with van der Waals surface area (Å²) in [4.78, 5) is 22.1. The van der Waals surface area contributed by atoms with Crippen LogP contribution in [0.15, 0.2) is 46.9 Å². The normalized spacial score (nSPS) is 10.2. The Labute approximate surface area is 141 Å². The summed E-state index contributed by atoms with van der Waals surface area (Å²) in [5, 5.41) is 13.3. The van der Waals surface area contributed by atoms with E-state index in [-0.39, 0.29) is 12.3 Å². The second-order valence-corrected chi connectivity index (χ2v) is 5.62. The maximum absolute atomic E-state index is 11.9. The number of nitrogens with one attached hydrogen (secondary N) is 1. The van der Waals surface area contributed by atoms with Crippen molar-refractivity contribution < 1.29 is 14.5 Å². The van der Waals surface area contributed by atoms with Gasteiger partial charge in [-0.1, -0.05) is 19.1 Å². The van der Waals surface area contributed by atoms with Gasteiger partial charge in [0.1, 0.15) is 5.75 Å². The summed E-state index contributed by atoms with van der Waals surface area (Å²) in [7, 11) is 0. The SMILES string of the molecule is CCc1ccc(OCC(=O)Nc2cccc([N+](=O)[O-])c2)c(Br)c1. The molecule has 7 heteroatoms. The van der Waals surface area contributed by atoms with Crippen LogP contribution in [-0.2, 0) is 11.2 Å². The van der Waals surface area contributed by atoms with Crippen LogP contribution < -0.4 is 10.1 Å². The van der Waals surface area contributed by atoms with E-state index < -0.39 is 10.8 Å². The van der Waals surface area contributed by atoms with Crippen LogP contribution in [0.3, 0.4) is 0 Å². The fourth-order valence-corrected chi connectivity index (χ4v) is 2.46. The van der Waals surface area contributed by atoms with E-state index in [1.54, 1.807) is 12.1 Å². The molecule has 0 spiro atoms. The van der Waals surface area contributed by atoms with Gasteiger partial charge >= 0.3 is 0 Å². The third-order valence-corrected chi connectivity index (χ3v) is 3.72. The Bertz CT molecular complexity index is 734. The third-order valence-electron chi connectivity index (χ3n) is 3.10. The van der Waals surface area contributed by atoms with Gasteiger partial charge in [0.05, 0.1) is 9.40 Å². The second-order valence-electron chi connectivity index (χ2n) is 4.76. The molecule has 0 saturated heterocycles. The van der Waals surface area contributed by atoms with Crippen LogP contribution in [0.4, 0.5) is 11.4 Å². The van der Waals surface area contributed by atoms with Gasteiger partial charge in [0.2, 0.25) is 0 Å². The molecule has 6 nitrogen and oxygen atoms in total. The molecule has 0 bridgehead atoms. The number of benzene rings is 2. The minimum atomic E-state index is -0.515. The van der Waals surface area contributed by atoms with Crippen molar-refractivity contribution in [1.29, 1.82) is 0 Å². The molecular formula is C16H15BrN2O4. The standard InChI is InChI=1S/C16H15BrN2O4/c1-2-11-6-7-15(14(17)8-11)23-10-16(20)18-12-4-3-5-13(9-12)19(21)22/h3-9H,2,10H2,1H3,(H,18,20). The summed E-state index contributed by atoms with van der Waals surface area (Å²) >= 11 is 3.40. The maximum Gasteiger partial charge on any atom is 0.271 e. The number of carbonyl (C=O) groups excluding carboxylic acids is 1. The Hall–Kier alpha value is -2.41. The first kappa shape index (κ1) is 17.0. The number of hydrogen-bond donors (Lipinski definition) is 1. The van der Waals surface area contributed by atoms with Gasteiger partial charge in [-0.2, -0.15) is 0 Å². The molecule has 2 rings (SSSR count). The fourth-order valence-electron chi connectivity index (χ4n) is 1.92. The number of anilines is 1. The van der Waals surface area contributed by atoms with Crippen molar-refractivity contribution in [2.45, 2.75) is 13.3 Å². The molecule has 23 heavy (non-hydrogen) atoms. The number of ether oxygens (including phenoxy) is 1. The highest BCUT2D eigenvalue weighted by Crippen LogP contribution is 2.26. The summed E-state index contributed by atoms with van der Waals surface area (Å²) in [6.07, 6.45) is 0.909. The largest absolute Gasteiger partial charge is 0.483 e. The van der Waals surface area contributed by atoms with E-state index in [1.807, 2.05) is 12.1 Å². The molecule has 0 aromatic heterocycles. The monoisotopic (exact) mass is 378 g/mol. The quantitative estimate of drug-likeness (QED) is 0.609. The average molecular weight is 379 g/mol. The summed E-state index contributed by atoms with van der Waals surface area (Å²) < 4.78 is 6.23. The van der Waals surface area contributed by atoms with E-state index >= 15 is 0 Å². The molecule has 0 heterocycles. The van der Waals surface area contributed by atoms with Crippen LogP contribution in [0.5, 0.6) is 5.75 Å². The molecule has 0 atom stereocenters. The molecule has 0 unspecified atom stereocenters. The molecule has 1 amide bonds. The lowest BCUT2D eigenvalue weighted by molar-refractivity contribution is -0.384. The number of halogens is 1. The average Bonchev–Trinajstić information content (AvgIpc) is 2.53.